The summed E-state index contributed by atoms with van der Waals surface area (Å²) in [4.78, 5) is 31.1. The van der Waals surface area contributed by atoms with Crippen molar-refractivity contribution in [1.82, 2.24) is 5.48 Å². The van der Waals surface area contributed by atoms with E-state index < -0.39 is 0 Å². The Morgan fingerprint density at radius 3 is 1.97 bits per heavy atom. The van der Waals surface area contributed by atoms with Crippen molar-refractivity contribution in [2.45, 2.75) is 118 Å². The van der Waals surface area contributed by atoms with Gasteiger partial charge in [0.15, 0.2) is 0 Å². The summed E-state index contributed by atoms with van der Waals surface area (Å²) in [6.07, 6.45) is 8.56. The van der Waals surface area contributed by atoms with Crippen molar-refractivity contribution < 1.29 is 19.2 Å². The molecule has 0 saturated heterocycles. The molecule has 180 valence electrons. The van der Waals surface area contributed by atoms with Gasteiger partial charge in [0.25, 0.3) is 0 Å². The zero-order valence-corrected chi connectivity index (χ0v) is 21.1. The predicted octanol–water partition coefficient (Wildman–Crippen LogP) is 5.86. The fourth-order valence-corrected chi connectivity index (χ4v) is 4.93. The van der Waals surface area contributed by atoms with Crippen LogP contribution in [0.5, 0.6) is 0 Å². The lowest BCUT2D eigenvalue weighted by molar-refractivity contribution is -0.158. The van der Waals surface area contributed by atoms with E-state index in [9.17, 15) is 9.59 Å². The first kappa shape index (κ1) is 26.3. The topological polar surface area (TPSA) is 64.6 Å². The molecule has 1 unspecified atom stereocenters. The van der Waals surface area contributed by atoms with Gasteiger partial charge < -0.3 is 4.74 Å². The zero-order valence-electron chi connectivity index (χ0n) is 21.1. The van der Waals surface area contributed by atoms with Crippen LogP contribution in [0.3, 0.4) is 0 Å². The van der Waals surface area contributed by atoms with Gasteiger partial charge in [0.2, 0.25) is 0 Å². The maximum atomic E-state index is 12.7. The second-order valence-corrected chi connectivity index (χ2v) is 11.6. The van der Waals surface area contributed by atoms with Gasteiger partial charge in [0.1, 0.15) is 11.9 Å². The normalized spacial score (nSPS) is 28.7. The average molecular weight is 438 g/mol. The number of rotatable bonds is 9. The monoisotopic (exact) mass is 437 g/mol. The molecule has 2 aliphatic rings. The smallest absolute Gasteiger partial charge is 0.309 e. The Balaban J connectivity index is 1.69. The Hall–Kier alpha value is -0.940. The van der Waals surface area contributed by atoms with Crippen LogP contribution in [0, 0.1) is 29.1 Å². The first-order valence-corrected chi connectivity index (χ1v) is 12.6. The highest BCUT2D eigenvalue weighted by molar-refractivity contribution is 5.86. The summed E-state index contributed by atoms with van der Waals surface area (Å²) in [5.74, 6) is 1.48. The van der Waals surface area contributed by atoms with Crippen molar-refractivity contribution in [1.29, 1.82) is 0 Å². The number of Topliss-reactive ketones (excluding diaryl/α,β-unsaturated/α-hetero) is 1. The highest BCUT2D eigenvalue weighted by Crippen LogP contribution is 2.37. The van der Waals surface area contributed by atoms with Crippen molar-refractivity contribution in [3.8, 4) is 0 Å². The van der Waals surface area contributed by atoms with Crippen LogP contribution in [0.1, 0.15) is 106 Å². The lowest BCUT2D eigenvalue weighted by Gasteiger charge is -2.34. The molecule has 0 amide bonds. The second kappa shape index (κ2) is 11.3. The van der Waals surface area contributed by atoms with Crippen LogP contribution in [-0.4, -0.2) is 30.0 Å². The molecule has 5 heteroatoms. The molecule has 0 spiro atoms. The number of nitrogens with one attached hydrogen (secondary N) is 1. The molecule has 0 bridgehead atoms. The van der Waals surface area contributed by atoms with Crippen molar-refractivity contribution >= 4 is 11.8 Å². The van der Waals surface area contributed by atoms with Gasteiger partial charge in [0, 0.05) is 17.9 Å². The van der Waals surface area contributed by atoms with Crippen LogP contribution in [-0.2, 0) is 19.2 Å². The highest BCUT2D eigenvalue weighted by Gasteiger charge is 2.37. The standard InChI is InChI=1S/C26H47NO4/c1-8-26(6,7)23(28)21-13-15-22(16-14-21)24(29)30-18(2)20-11-9-19(10-12-20)17-27-31-25(3,4)5/h18-22,27H,8-17H2,1-7H3. The van der Waals surface area contributed by atoms with Crippen LogP contribution in [0.4, 0.5) is 0 Å². The van der Waals surface area contributed by atoms with Crippen molar-refractivity contribution in [3.63, 3.8) is 0 Å². The van der Waals surface area contributed by atoms with Crippen molar-refractivity contribution in [2.75, 3.05) is 6.54 Å². The van der Waals surface area contributed by atoms with E-state index in [1.165, 1.54) is 0 Å². The van der Waals surface area contributed by atoms with Gasteiger partial charge in [0.05, 0.1) is 11.5 Å². The van der Waals surface area contributed by atoms with Gasteiger partial charge in [-0.25, -0.2) is 5.48 Å². The molecule has 0 aliphatic heterocycles. The van der Waals surface area contributed by atoms with E-state index in [1.807, 2.05) is 34.6 Å². The number of hydrogen-bond acceptors (Lipinski definition) is 5. The van der Waals surface area contributed by atoms with E-state index in [-0.39, 0.29) is 34.9 Å². The summed E-state index contributed by atoms with van der Waals surface area (Å²) in [7, 11) is 0. The first-order chi connectivity index (χ1) is 14.4. The lowest BCUT2D eigenvalue weighted by Crippen LogP contribution is -2.37. The molecule has 2 rings (SSSR count). The summed E-state index contributed by atoms with van der Waals surface area (Å²) in [5, 5.41) is 0. The van der Waals surface area contributed by atoms with Crippen LogP contribution < -0.4 is 5.48 Å². The first-order valence-electron chi connectivity index (χ1n) is 12.6. The third-order valence-corrected chi connectivity index (χ3v) is 7.59. The number of ether oxygens (including phenoxy) is 1. The van der Waals surface area contributed by atoms with Crippen LogP contribution in [0.15, 0.2) is 0 Å². The van der Waals surface area contributed by atoms with Gasteiger partial charge >= 0.3 is 5.97 Å². The molecule has 5 nitrogen and oxygen atoms in total. The number of carbonyl (C=O) groups is 2. The number of hydroxylamine groups is 1. The Kier molecular flexibility index (Phi) is 9.57. The van der Waals surface area contributed by atoms with Crippen LogP contribution in [0.25, 0.3) is 0 Å². The van der Waals surface area contributed by atoms with Crippen LogP contribution in [0.2, 0.25) is 0 Å². The summed E-state index contributed by atoms with van der Waals surface area (Å²) >= 11 is 0. The molecule has 0 aromatic carbocycles. The van der Waals surface area contributed by atoms with E-state index in [4.69, 9.17) is 9.57 Å². The molecule has 2 fully saturated rings. The Morgan fingerprint density at radius 2 is 1.45 bits per heavy atom. The highest BCUT2D eigenvalue weighted by atomic mass is 16.7. The Labute approximate surface area is 190 Å². The van der Waals surface area contributed by atoms with Crippen molar-refractivity contribution in [3.05, 3.63) is 0 Å². The summed E-state index contributed by atoms with van der Waals surface area (Å²) in [6.45, 7) is 15.2. The average Bonchev–Trinajstić information content (AvgIpc) is 2.72. The summed E-state index contributed by atoms with van der Waals surface area (Å²) in [6, 6.07) is 0. The van der Waals surface area contributed by atoms with Crippen LogP contribution >= 0.6 is 0 Å². The van der Waals surface area contributed by atoms with Crippen molar-refractivity contribution in [2.24, 2.45) is 29.1 Å². The van der Waals surface area contributed by atoms with Gasteiger partial charge in [-0.1, -0.05) is 20.8 Å². The van der Waals surface area contributed by atoms with E-state index in [2.05, 4.69) is 19.3 Å². The molecular weight excluding hydrogens is 390 g/mol. The quantitative estimate of drug-likeness (QED) is 0.362. The maximum absolute atomic E-state index is 12.7. The summed E-state index contributed by atoms with van der Waals surface area (Å²) < 4.78 is 5.91. The third-order valence-electron chi connectivity index (χ3n) is 7.59. The van der Waals surface area contributed by atoms with E-state index in [0.29, 0.717) is 17.6 Å². The molecule has 0 aromatic heterocycles. The largest absolute Gasteiger partial charge is 0.462 e. The minimum absolute atomic E-state index is 0.0226. The van der Waals surface area contributed by atoms with E-state index >= 15 is 0 Å². The van der Waals surface area contributed by atoms with Gasteiger partial charge in [-0.05, 0) is 97.3 Å². The lowest BCUT2D eigenvalue weighted by atomic mass is 9.72. The van der Waals surface area contributed by atoms with Gasteiger partial charge in [-0.15, -0.1) is 0 Å². The molecule has 0 heterocycles. The molecule has 2 saturated carbocycles. The number of hydrogen-bond donors (Lipinski definition) is 1. The molecule has 0 radical (unpaired) electrons. The molecule has 1 atom stereocenters. The van der Waals surface area contributed by atoms with Gasteiger partial charge in [-0.3, -0.25) is 14.4 Å². The van der Waals surface area contributed by atoms with E-state index in [1.54, 1.807) is 0 Å². The molecular formula is C26H47NO4. The predicted molar refractivity (Wildman–Crippen MR) is 124 cm³/mol. The Bertz CT molecular complexity index is 579. The fourth-order valence-electron chi connectivity index (χ4n) is 4.93. The third kappa shape index (κ3) is 8.16. The molecule has 1 N–H and O–H groups in total. The minimum atomic E-state index is -0.250. The molecule has 2 aliphatic carbocycles. The Morgan fingerprint density at radius 1 is 0.903 bits per heavy atom. The summed E-state index contributed by atoms with van der Waals surface area (Å²) in [5.41, 5.74) is 2.71. The minimum Gasteiger partial charge on any atom is -0.462 e. The molecule has 31 heavy (non-hydrogen) atoms. The second-order valence-electron chi connectivity index (χ2n) is 11.6. The number of esters is 1. The fraction of sp³-hybridized carbons (Fsp3) is 0.923. The number of carbonyl (C=O) groups excluding carboxylic acids is 2. The maximum Gasteiger partial charge on any atom is 0.309 e. The zero-order chi connectivity index (χ0) is 23.2. The molecule has 0 aromatic rings. The SMILES string of the molecule is CCC(C)(C)C(=O)C1CCC(C(=O)OC(C)C2CCC(CNOC(C)(C)C)CC2)CC1. The van der Waals surface area contributed by atoms with Gasteiger partial charge in [-0.2, -0.15) is 0 Å². The van der Waals surface area contributed by atoms with E-state index in [0.717, 1.165) is 64.3 Å². The number of ketones is 1.